The van der Waals surface area contributed by atoms with Gasteiger partial charge in [-0.2, -0.15) is 0 Å². The Hall–Kier alpha value is -1.99. The van der Waals surface area contributed by atoms with Gasteiger partial charge in [0.2, 0.25) is 0 Å². The van der Waals surface area contributed by atoms with E-state index in [9.17, 15) is 9.59 Å². The number of rotatable bonds is 5. The van der Waals surface area contributed by atoms with Gasteiger partial charge in [-0.15, -0.1) is 0 Å². The van der Waals surface area contributed by atoms with E-state index < -0.39 is 5.60 Å². The van der Waals surface area contributed by atoms with E-state index in [2.05, 4.69) is 21.9 Å². The fourth-order valence-electron chi connectivity index (χ4n) is 6.00. The summed E-state index contributed by atoms with van der Waals surface area (Å²) in [5, 5.41) is 0.753. The standard InChI is InChI=1S/C28H42ClN3O4/c1-5-35-25(33)22-7-13-30(14-8-22)24-18-21(17-23(29)19-24)20-32-12-6-9-28(32)10-15-31(16-11-28)26(34)36-27(2,3)4/h17-19,22H,5-16,20H2,1-4H3. The zero-order valence-electron chi connectivity index (χ0n) is 22.4. The van der Waals surface area contributed by atoms with E-state index in [1.54, 1.807) is 0 Å². The molecular weight excluding hydrogens is 478 g/mol. The third-order valence-electron chi connectivity index (χ3n) is 7.88. The van der Waals surface area contributed by atoms with E-state index in [1.807, 2.05) is 38.7 Å². The lowest BCUT2D eigenvalue weighted by atomic mass is 9.85. The number of carbonyl (C=O) groups excluding carboxylic acids is 2. The van der Waals surface area contributed by atoms with Crippen LogP contribution in [0.2, 0.25) is 5.02 Å². The fraction of sp³-hybridized carbons (Fsp3) is 0.714. The Morgan fingerprint density at radius 1 is 1.03 bits per heavy atom. The van der Waals surface area contributed by atoms with Crippen LogP contribution in [0, 0.1) is 5.92 Å². The molecule has 8 heteroatoms. The number of benzene rings is 1. The fourth-order valence-corrected chi connectivity index (χ4v) is 6.25. The number of likely N-dealkylation sites (tertiary alicyclic amines) is 2. The molecule has 0 aromatic heterocycles. The number of hydrogen-bond donors (Lipinski definition) is 0. The lowest BCUT2D eigenvalue weighted by molar-refractivity contribution is -0.148. The highest BCUT2D eigenvalue weighted by molar-refractivity contribution is 6.30. The van der Waals surface area contributed by atoms with Crippen LogP contribution >= 0.6 is 11.6 Å². The van der Waals surface area contributed by atoms with Crippen LogP contribution in [0.4, 0.5) is 10.5 Å². The van der Waals surface area contributed by atoms with Gasteiger partial charge in [-0.05, 0) is 96.5 Å². The SMILES string of the molecule is CCOC(=O)C1CCN(c2cc(Cl)cc(CN3CCCC34CCN(C(=O)OC(C)(C)C)CC4)c2)CC1. The molecule has 0 radical (unpaired) electrons. The van der Waals surface area contributed by atoms with Gasteiger partial charge >= 0.3 is 12.1 Å². The van der Waals surface area contributed by atoms with Crippen molar-refractivity contribution >= 4 is 29.4 Å². The molecule has 1 spiro atoms. The minimum Gasteiger partial charge on any atom is -0.466 e. The molecule has 0 unspecified atom stereocenters. The predicted molar refractivity (Wildman–Crippen MR) is 142 cm³/mol. The van der Waals surface area contributed by atoms with Crippen LogP contribution < -0.4 is 4.90 Å². The summed E-state index contributed by atoms with van der Waals surface area (Å²) in [6.07, 6.45) is 5.72. The third-order valence-corrected chi connectivity index (χ3v) is 8.10. The van der Waals surface area contributed by atoms with Crippen molar-refractivity contribution in [2.75, 3.05) is 44.2 Å². The van der Waals surface area contributed by atoms with Gasteiger partial charge in [-0.3, -0.25) is 9.69 Å². The van der Waals surface area contributed by atoms with Crippen LogP contribution in [-0.4, -0.2) is 72.3 Å². The Balaban J connectivity index is 1.38. The topological polar surface area (TPSA) is 62.3 Å². The van der Waals surface area contributed by atoms with Crippen LogP contribution in [0.25, 0.3) is 0 Å². The Morgan fingerprint density at radius 2 is 1.72 bits per heavy atom. The van der Waals surface area contributed by atoms with E-state index in [4.69, 9.17) is 21.1 Å². The minimum absolute atomic E-state index is 0.00383. The van der Waals surface area contributed by atoms with E-state index in [0.717, 1.165) is 75.7 Å². The summed E-state index contributed by atoms with van der Waals surface area (Å²) in [5.74, 6) is -0.0724. The summed E-state index contributed by atoms with van der Waals surface area (Å²) >= 11 is 6.58. The number of anilines is 1. The maximum Gasteiger partial charge on any atom is 0.410 e. The van der Waals surface area contributed by atoms with Crippen molar-refractivity contribution in [3.63, 3.8) is 0 Å². The highest BCUT2D eigenvalue weighted by Crippen LogP contribution is 2.40. The summed E-state index contributed by atoms with van der Waals surface area (Å²) in [6.45, 7) is 13.1. The Kier molecular flexibility index (Phi) is 8.40. The van der Waals surface area contributed by atoms with Gasteiger partial charge in [0.15, 0.2) is 0 Å². The molecule has 0 saturated carbocycles. The Bertz CT molecular complexity index is 931. The zero-order valence-corrected chi connectivity index (χ0v) is 23.1. The maximum absolute atomic E-state index is 12.6. The Labute approximate surface area is 221 Å². The normalized spacial score (nSPS) is 21.1. The zero-order chi connectivity index (χ0) is 25.9. The quantitative estimate of drug-likeness (QED) is 0.480. The second kappa shape index (κ2) is 11.2. The van der Waals surface area contributed by atoms with Gasteiger partial charge in [-0.25, -0.2) is 4.79 Å². The molecule has 36 heavy (non-hydrogen) atoms. The first kappa shape index (κ1) is 27.1. The third kappa shape index (κ3) is 6.46. The average molecular weight is 520 g/mol. The van der Waals surface area contributed by atoms with Gasteiger partial charge in [0, 0.05) is 49.0 Å². The monoisotopic (exact) mass is 519 g/mol. The molecule has 4 rings (SSSR count). The van der Waals surface area contributed by atoms with Crippen molar-refractivity contribution in [1.29, 1.82) is 0 Å². The maximum atomic E-state index is 12.6. The first-order valence-corrected chi connectivity index (χ1v) is 13.9. The van der Waals surface area contributed by atoms with E-state index in [-0.39, 0.29) is 23.5 Å². The second-order valence-corrected chi connectivity index (χ2v) is 12.0. The average Bonchev–Trinajstić information content (AvgIpc) is 3.19. The van der Waals surface area contributed by atoms with Crippen LogP contribution in [0.15, 0.2) is 18.2 Å². The number of halogens is 1. The smallest absolute Gasteiger partial charge is 0.410 e. The largest absolute Gasteiger partial charge is 0.466 e. The molecule has 0 aliphatic carbocycles. The summed E-state index contributed by atoms with van der Waals surface area (Å²) in [4.78, 5) is 31.5. The first-order valence-electron chi connectivity index (χ1n) is 13.5. The molecule has 3 fully saturated rings. The summed E-state index contributed by atoms with van der Waals surface area (Å²) < 4.78 is 10.8. The minimum atomic E-state index is -0.468. The molecule has 3 aliphatic rings. The van der Waals surface area contributed by atoms with Crippen molar-refractivity contribution in [3.8, 4) is 0 Å². The number of ether oxygens (including phenoxy) is 2. The van der Waals surface area contributed by atoms with Gasteiger partial charge < -0.3 is 19.3 Å². The number of amides is 1. The predicted octanol–water partition coefficient (Wildman–Crippen LogP) is 5.49. The second-order valence-electron chi connectivity index (χ2n) is 11.5. The summed E-state index contributed by atoms with van der Waals surface area (Å²) in [6, 6.07) is 6.38. The van der Waals surface area contributed by atoms with Crippen LogP contribution in [-0.2, 0) is 20.8 Å². The molecule has 3 aliphatic heterocycles. The molecule has 0 atom stereocenters. The van der Waals surface area contributed by atoms with Crippen molar-refractivity contribution < 1.29 is 19.1 Å². The van der Waals surface area contributed by atoms with Crippen LogP contribution in [0.3, 0.4) is 0 Å². The van der Waals surface area contributed by atoms with Gasteiger partial charge in [0.05, 0.1) is 12.5 Å². The lowest BCUT2D eigenvalue weighted by Crippen LogP contribution is -2.53. The molecule has 1 aromatic carbocycles. The number of nitrogens with zero attached hydrogens (tertiary/aromatic N) is 3. The van der Waals surface area contributed by atoms with Gasteiger partial charge in [0.1, 0.15) is 5.60 Å². The molecule has 3 heterocycles. The summed E-state index contributed by atoms with van der Waals surface area (Å²) in [5.41, 5.74) is 2.02. The van der Waals surface area contributed by atoms with E-state index >= 15 is 0 Å². The van der Waals surface area contributed by atoms with Crippen molar-refractivity contribution in [2.45, 2.75) is 83.9 Å². The molecular formula is C28H42ClN3O4. The van der Waals surface area contributed by atoms with Crippen molar-refractivity contribution in [3.05, 3.63) is 28.8 Å². The number of piperidine rings is 2. The lowest BCUT2D eigenvalue weighted by Gasteiger charge is -2.45. The molecule has 3 saturated heterocycles. The van der Waals surface area contributed by atoms with Crippen molar-refractivity contribution in [1.82, 2.24) is 9.80 Å². The van der Waals surface area contributed by atoms with Gasteiger partial charge in [0.25, 0.3) is 0 Å². The summed E-state index contributed by atoms with van der Waals surface area (Å²) in [7, 11) is 0. The number of hydrogen-bond acceptors (Lipinski definition) is 6. The highest BCUT2D eigenvalue weighted by Gasteiger charge is 2.44. The molecule has 0 N–H and O–H groups in total. The Morgan fingerprint density at radius 3 is 2.36 bits per heavy atom. The first-order chi connectivity index (χ1) is 17.1. The molecule has 1 aromatic rings. The van der Waals surface area contributed by atoms with Crippen molar-refractivity contribution in [2.24, 2.45) is 5.92 Å². The number of carbonyl (C=O) groups is 2. The van der Waals surface area contributed by atoms with E-state index in [1.165, 1.54) is 18.4 Å². The van der Waals surface area contributed by atoms with E-state index in [0.29, 0.717) is 6.61 Å². The molecule has 0 bridgehead atoms. The van der Waals surface area contributed by atoms with Crippen LogP contribution in [0.1, 0.15) is 71.8 Å². The molecule has 1 amide bonds. The van der Waals surface area contributed by atoms with Crippen LogP contribution in [0.5, 0.6) is 0 Å². The number of esters is 1. The highest BCUT2D eigenvalue weighted by atomic mass is 35.5. The molecule has 200 valence electrons. The molecule has 7 nitrogen and oxygen atoms in total. The van der Waals surface area contributed by atoms with Gasteiger partial charge in [-0.1, -0.05) is 11.6 Å².